The highest BCUT2D eigenvalue weighted by atomic mass is 35.5. The number of amides is 1. The molecule has 0 aromatic heterocycles. The summed E-state index contributed by atoms with van der Waals surface area (Å²) >= 11 is 11.9. The summed E-state index contributed by atoms with van der Waals surface area (Å²) in [6, 6.07) is 2.45. The molecular formula is C13H15Cl2N3O3. The van der Waals surface area contributed by atoms with Crippen LogP contribution >= 0.6 is 23.2 Å². The molecule has 2 atom stereocenters. The molecule has 0 saturated carbocycles. The van der Waals surface area contributed by atoms with Crippen LogP contribution in [0.1, 0.15) is 24.2 Å². The summed E-state index contributed by atoms with van der Waals surface area (Å²) in [7, 11) is 0. The summed E-state index contributed by atoms with van der Waals surface area (Å²) in [5.41, 5.74) is -0.180. The van der Waals surface area contributed by atoms with E-state index in [-0.39, 0.29) is 39.3 Å². The van der Waals surface area contributed by atoms with Crippen molar-refractivity contribution in [1.82, 2.24) is 10.2 Å². The van der Waals surface area contributed by atoms with Gasteiger partial charge in [-0.15, -0.1) is 0 Å². The van der Waals surface area contributed by atoms with Gasteiger partial charge in [0.1, 0.15) is 0 Å². The van der Waals surface area contributed by atoms with E-state index in [9.17, 15) is 14.9 Å². The van der Waals surface area contributed by atoms with Crippen molar-refractivity contribution < 1.29 is 9.72 Å². The molecule has 1 aromatic rings. The van der Waals surface area contributed by atoms with Gasteiger partial charge in [-0.1, -0.05) is 23.2 Å². The minimum atomic E-state index is -0.594. The molecule has 114 valence electrons. The first-order valence-electron chi connectivity index (χ1n) is 6.49. The molecule has 1 aliphatic heterocycles. The summed E-state index contributed by atoms with van der Waals surface area (Å²) in [5.74, 6) is -0.341. The van der Waals surface area contributed by atoms with Crippen LogP contribution in [0.25, 0.3) is 0 Å². The third-order valence-electron chi connectivity index (χ3n) is 3.48. The highest BCUT2D eigenvalue weighted by Gasteiger charge is 2.30. The smallest absolute Gasteiger partial charge is 0.271 e. The average molecular weight is 332 g/mol. The van der Waals surface area contributed by atoms with E-state index in [1.54, 1.807) is 4.90 Å². The average Bonchev–Trinajstić information content (AvgIpc) is 2.43. The highest BCUT2D eigenvalue weighted by molar-refractivity contribution is 6.44. The number of hydrogen-bond donors (Lipinski definition) is 1. The Morgan fingerprint density at radius 3 is 2.71 bits per heavy atom. The largest absolute Gasteiger partial charge is 0.333 e. The zero-order chi connectivity index (χ0) is 15.7. The van der Waals surface area contributed by atoms with Crippen LogP contribution in [-0.2, 0) is 0 Å². The number of piperazine rings is 1. The summed E-state index contributed by atoms with van der Waals surface area (Å²) < 4.78 is 0. The first kappa shape index (κ1) is 16.0. The lowest BCUT2D eigenvalue weighted by Gasteiger charge is -2.37. The van der Waals surface area contributed by atoms with Crippen molar-refractivity contribution in [3.8, 4) is 0 Å². The van der Waals surface area contributed by atoms with Gasteiger partial charge < -0.3 is 10.2 Å². The van der Waals surface area contributed by atoms with Crippen molar-refractivity contribution in [2.45, 2.75) is 25.9 Å². The molecule has 0 bridgehead atoms. The van der Waals surface area contributed by atoms with Crippen LogP contribution in [0.3, 0.4) is 0 Å². The summed E-state index contributed by atoms with van der Waals surface area (Å²) in [4.78, 5) is 24.6. The molecule has 21 heavy (non-hydrogen) atoms. The maximum atomic E-state index is 12.6. The SMILES string of the molecule is CC1CN(C(=O)c2cc([N+](=O)[O-])cc(Cl)c2Cl)C(C)CN1. The molecule has 0 radical (unpaired) electrons. The first-order chi connectivity index (χ1) is 9.81. The van der Waals surface area contributed by atoms with Gasteiger partial charge in [-0.25, -0.2) is 0 Å². The summed E-state index contributed by atoms with van der Waals surface area (Å²) in [6.07, 6.45) is 0. The van der Waals surface area contributed by atoms with Gasteiger partial charge in [-0.05, 0) is 13.8 Å². The molecule has 1 N–H and O–H groups in total. The van der Waals surface area contributed by atoms with Gasteiger partial charge in [0.2, 0.25) is 0 Å². The number of non-ortho nitro benzene ring substituents is 1. The number of nitrogens with zero attached hydrogens (tertiary/aromatic N) is 2. The van der Waals surface area contributed by atoms with Gasteiger partial charge >= 0.3 is 0 Å². The summed E-state index contributed by atoms with van der Waals surface area (Å²) in [6.45, 7) is 5.04. The van der Waals surface area contributed by atoms with Crippen LogP contribution < -0.4 is 5.32 Å². The number of benzene rings is 1. The number of carbonyl (C=O) groups excluding carboxylic acids is 1. The standard InChI is InChI=1S/C13H15Cl2N3O3/c1-7-6-17(8(2)5-16-7)13(19)10-3-9(18(20)21)4-11(14)12(10)15/h3-4,7-8,16H,5-6H2,1-2H3. The van der Waals surface area contributed by atoms with E-state index in [0.29, 0.717) is 13.1 Å². The highest BCUT2D eigenvalue weighted by Crippen LogP contribution is 2.32. The van der Waals surface area contributed by atoms with Crippen LogP contribution in [-0.4, -0.2) is 40.9 Å². The van der Waals surface area contributed by atoms with E-state index in [4.69, 9.17) is 23.2 Å². The minimum absolute atomic E-state index is 0.00468. The van der Waals surface area contributed by atoms with Crippen LogP contribution in [0.15, 0.2) is 12.1 Å². The molecule has 1 aliphatic rings. The van der Waals surface area contributed by atoms with Gasteiger partial charge in [-0.2, -0.15) is 0 Å². The molecule has 6 nitrogen and oxygen atoms in total. The normalized spacial score (nSPS) is 22.2. The molecule has 1 fully saturated rings. The van der Waals surface area contributed by atoms with Crippen molar-refractivity contribution in [3.63, 3.8) is 0 Å². The van der Waals surface area contributed by atoms with E-state index in [2.05, 4.69) is 5.32 Å². The van der Waals surface area contributed by atoms with E-state index in [0.717, 1.165) is 6.07 Å². The zero-order valence-corrected chi connectivity index (χ0v) is 13.1. The fourth-order valence-electron chi connectivity index (χ4n) is 2.30. The lowest BCUT2D eigenvalue weighted by molar-refractivity contribution is -0.384. The molecule has 2 unspecified atom stereocenters. The lowest BCUT2D eigenvalue weighted by atomic mass is 10.1. The van der Waals surface area contributed by atoms with Crippen LogP contribution in [0, 0.1) is 10.1 Å². The minimum Gasteiger partial charge on any atom is -0.333 e. The second-order valence-corrected chi connectivity index (χ2v) is 5.95. The van der Waals surface area contributed by atoms with Crippen molar-refractivity contribution in [1.29, 1.82) is 0 Å². The van der Waals surface area contributed by atoms with Gasteiger partial charge in [-0.3, -0.25) is 14.9 Å². The van der Waals surface area contributed by atoms with Gasteiger partial charge in [0, 0.05) is 37.3 Å². The van der Waals surface area contributed by atoms with Crippen LogP contribution in [0.2, 0.25) is 10.0 Å². The predicted octanol–water partition coefficient (Wildman–Crippen LogP) is 2.72. The maximum absolute atomic E-state index is 12.6. The van der Waals surface area contributed by atoms with Crippen molar-refractivity contribution >= 4 is 34.8 Å². The van der Waals surface area contributed by atoms with Gasteiger partial charge in [0.05, 0.1) is 20.5 Å². The first-order valence-corrected chi connectivity index (χ1v) is 7.24. The van der Waals surface area contributed by atoms with E-state index >= 15 is 0 Å². The molecule has 1 heterocycles. The van der Waals surface area contributed by atoms with Crippen molar-refractivity contribution in [3.05, 3.63) is 37.9 Å². The lowest BCUT2D eigenvalue weighted by Crippen LogP contribution is -2.56. The molecule has 1 amide bonds. The summed E-state index contributed by atoms with van der Waals surface area (Å²) in [5, 5.41) is 14.2. The van der Waals surface area contributed by atoms with Gasteiger partial charge in [0.25, 0.3) is 11.6 Å². The third kappa shape index (κ3) is 3.28. The molecule has 0 spiro atoms. The molecular weight excluding hydrogens is 317 g/mol. The molecule has 2 rings (SSSR count). The quantitative estimate of drug-likeness (QED) is 0.667. The number of nitro groups is 1. The van der Waals surface area contributed by atoms with Crippen LogP contribution in [0.5, 0.6) is 0 Å². The topological polar surface area (TPSA) is 75.5 Å². The molecule has 8 heteroatoms. The van der Waals surface area contributed by atoms with E-state index in [1.165, 1.54) is 6.07 Å². The zero-order valence-electron chi connectivity index (χ0n) is 11.6. The van der Waals surface area contributed by atoms with Gasteiger partial charge in [0.15, 0.2) is 0 Å². The fourth-order valence-corrected chi connectivity index (χ4v) is 2.70. The van der Waals surface area contributed by atoms with Crippen molar-refractivity contribution in [2.24, 2.45) is 0 Å². The van der Waals surface area contributed by atoms with Crippen molar-refractivity contribution in [2.75, 3.05) is 13.1 Å². The second kappa shape index (κ2) is 6.17. The molecule has 0 aliphatic carbocycles. The predicted molar refractivity (Wildman–Crippen MR) is 81.1 cm³/mol. The number of nitro benzene ring substituents is 1. The number of rotatable bonds is 2. The Morgan fingerprint density at radius 1 is 1.43 bits per heavy atom. The fraction of sp³-hybridized carbons (Fsp3) is 0.462. The Morgan fingerprint density at radius 2 is 2.10 bits per heavy atom. The Bertz CT molecular complexity index is 594. The Balaban J connectivity index is 2.40. The number of carbonyl (C=O) groups is 1. The van der Waals surface area contributed by atoms with E-state index < -0.39 is 4.92 Å². The monoisotopic (exact) mass is 331 g/mol. The maximum Gasteiger partial charge on any atom is 0.271 e. The van der Waals surface area contributed by atoms with Crippen LogP contribution in [0.4, 0.5) is 5.69 Å². The number of nitrogens with one attached hydrogen (secondary N) is 1. The Hall–Kier alpha value is -1.37. The third-order valence-corrected chi connectivity index (χ3v) is 4.28. The Kier molecular flexibility index (Phi) is 4.70. The van der Waals surface area contributed by atoms with E-state index in [1.807, 2.05) is 13.8 Å². The molecule has 1 saturated heterocycles. The Labute approximate surface area is 132 Å². The number of halogens is 2. The molecule has 1 aromatic carbocycles. The number of hydrogen-bond acceptors (Lipinski definition) is 4. The second-order valence-electron chi connectivity index (χ2n) is 5.16.